The first kappa shape index (κ1) is 21.7. The van der Waals surface area contributed by atoms with Gasteiger partial charge >= 0.3 is 0 Å². The number of carbonyl (C=O) groups is 2. The molecule has 28 heavy (non-hydrogen) atoms. The number of nitrogens with one attached hydrogen (secondary N) is 2. The van der Waals surface area contributed by atoms with Crippen LogP contribution in [0.4, 0.5) is 0 Å². The molecule has 0 atom stereocenters. The summed E-state index contributed by atoms with van der Waals surface area (Å²) in [5.41, 5.74) is 5.23. The highest BCUT2D eigenvalue weighted by Gasteiger charge is 2.27. The van der Waals surface area contributed by atoms with E-state index in [0.717, 1.165) is 18.4 Å². The zero-order chi connectivity index (χ0) is 20.4. The number of unbranched alkanes of at least 4 members (excludes halogenated alkanes) is 1. The standard InChI is InChI=1S/C20H27N3O5/c1-20(2)13-27-18(28-14-20)5-3-4-12-21-22-19(25)16-9-6-15(7-10-16)8-11-17(24)23-26/h6-12,18,26H,3-5,13-14H2,1-2H3,(H,22,25)(H,23,24)/b11-8+,21-12+. The topological polar surface area (TPSA) is 109 Å². The third kappa shape index (κ3) is 7.59. The molecule has 1 fully saturated rings. The molecule has 0 aliphatic carbocycles. The second-order valence-corrected chi connectivity index (χ2v) is 7.33. The number of rotatable bonds is 8. The summed E-state index contributed by atoms with van der Waals surface area (Å²) in [5.74, 6) is -0.942. The predicted molar refractivity (Wildman–Crippen MR) is 105 cm³/mol. The van der Waals surface area contributed by atoms with Crippen LogP contribution in [-0.2, 0) is 14.3 Å². The maximum Gasteiger partial charge on any atom is 0.271 e. The number of hydrogen-bond acceptors (Lipinski definition) is 6. The average Bonchev–Trinajstić information content (AvgIpc) is 2.70. The Balaban J connectivity index is 1.66. The summed E-state index contributed by atoms with van der Waals surface area (Å²) >= 11 is 0. The van der Waals surface area contributed by atoms with Crippen LogP contribution in [0.25, 0.3) is 6.08 Å². The lowest BCUT2D eigenvalue weighted by molar-refractivity contribution is -0.223. The smallest absolute Gasteiger partial charge is 0.271 e. The van der Waals surface area contributed by atoms with Gasteiger partial charge in [0, 0.05) is 23.3 Å². The van der Waals surface area contributed by atoms with Gasteiger partial charge in [0.25, 0.3) is 11.8 Å². The van der Waals surface area contributed by atoms with Gasteiger partial charge in [0.15, 0.2) is 6.29 Å². The van der Waals surface area contributed by atoms with Crippen molar-refractivity contribution in [1.82, 2.24) is 10.9 Å². The molecule has 1 heterocycles. The lowest BCUT2D eigenvalue weighted by atomic mass is 9.95. The number of hydroxylamine groups is 1. The Kier molecular flexibility index (Phi) is 8.31. The maximum atomic E-state index is 12.0. The predicted octanol–water partition coefficient (Wildman–Crippen LogP) is 2.49. The Bertz CT molecular complexity index is 703. The summed E-state index contributed by atoms with van der Waals surface area (Å²) in [6.45, 7) is 5.62. The van der Waals surface area contributed by atoms with Gasteiger partial charge in [-0.1, -0.05) is 26.0 Å². The molecule has 0 aromatic heterocycles. The number of amides is 2. The molecular weight excluding hydrogens is 362 g/mol. The van der Waals surface area contributed by atoms with E-state index in [2.05, 4.69) is 24.4 Å². The average molecular weight is 389 g/mol. The minimum atomic E-state index is -0.624. The van der Waals surface area contributed by atoms with Crippen molar-refractivity contribution in [1.29, 1.82) is 0 Å². The molecule has 1 aliphatic rings. The van der Waals surface area contributed by atoms with Gasteiger partial charge < -0.3 is 9.47 Å². The first-order valence-corrected chi connectivity index (χ1v) is 9.17. The lowest BCUT2D eigenvalue weighted by Gasteiger charge is -2.34. The van der Waals surface area contributed by atoms with Crippen LogP contribution in [0.5, 0.6) is 0 Å². The fourth-order valence-electron chi connectivity index (χ4n) is 2.46. The van der Waals surface area contributed by atoms with E-state index in [1.165, 1.54) is 17.6 Å². The van der Waals surface area contributed by atoms with Crippen molar-refractivity contribution in [2.45, 2.75) is 39.4 Å². The van der Waals surface area contributed by atoms with Crippen molar-refractivity contribution < 1.29 is 24.3 Å². The van der Waals surface area contributed by atoms with Crippen LogP contribution in [0.15, 0.2) is 35.4 Å². The van der Waals surface area contributed by atoms with Crippen LogP contribution in [0.2, 0.25) is 0 Å². The minimum Gasteiger partial charge on any atom is -0.352 e. The van der Waals surface area contributed by atoms with Gasteiger partial charge in [-0.25, -0.2) is 10.9 Å². The van der Waals surface area contributed by atoms with Crippen molar-refractivity contribution in [2.75, 3.05) is 13.2 Å². The molecule has 1 aromatic rings. The van der Waals surface area contributed by atoms with Gasteiger partial charge in [0.1, 0.15) is 0 Å². The largest absolute Gasteiger partial charge is 0.352 e. The first-order valence-electron chi connectivity index (χ1n) is 9.17. The minimum absolute atomic E-state index is 0.0742. The van der Waals surface area contributed by atoms with Gasteiger partial charge in [0.2, 0.25) is 0 Å². The lowest BCUT2D eigenvalue weighted by Crippen LogP contribution is -2.37. The number of ether oxygens (including phenoxy) is 2. The third-order valence-electron chi connectivity index (χ3n) is 4.06. The third-order valence-corrected chi connectivity index (χ3v) is 4.06. The van der Waals surface area contributed by atoms with Crippen LogP contribution in [0.3, 0.4) is 0 Å². The van der Waals surface area contributed by atoms with E-state index in [0.29, 0.717) is 25.2 Å². The highest BCUT2D eigenvalue weighted by atomic mass is 16.7. The van der Waals surface area contributed by atoms with Gasteiger partial charge in [-0.2, -0.15) is 5.10 Å². The van der Waals surface area contributed by atoms with Crippen molar-refractivity contribution in [2.24, 2.45) is 10.5 Å². The molecule has 1 aliphatic heterocycles. The molecule has 8 heteroatoms. The highest BCUT2D eigenvalue weighted by Crippen LogP contribution is 2.24. The van der Waals surface area contributed by atoms with E-state index < -0.39 is 5.91 Å². The molecule has 2 amide bonds. The monoisotopic (exact) mass is 389 g/mol. The highest BCUT2D eigenvalue weighted by molar-refractivity contribution is 5.95. The summed E-state index contributed by atoms with van der Waals surface area (Å²) in [5, 5.41) is 12.4. The van der Waals surface area contributed by atoms with E-state index in [9.17, 15) is 9.59 Å². The second-order valence-electron chi connectivity index (χ2n) is 7.33. The zero-order valence-electron chi connectivity index (χ0n) is 16.2. The van der Waals surface area contributed by atoms with Crippen molar-refractivity contribution in [3.63, 3.8) is 0 Å². The fraction of sp³-hybridized carbons (Fsp3) is 0.450. The number of benzene rings is 1. The maximum absolute atomic E-state index is 12.0. The molecule has 0 saturated carbocycles. The molecule has 1 aromatic carbocycles. The van der Waals surface area contributed by atoms with Gasteiger partial charge in [-0.15, -0.1) is 0 Å². The Morgan fingerprint density at radius 3 is 2.57 bits per heavy atom. The molecule has 3 N–H and O–H groups in total. The number of hydrazone groups is 1. The number of hydrogen-bond donors (Lipinski definition) is 3. The second kappa shape index (κ2) is 10.7. The van der Waals surface area contributed by atoms with E-state index in [4.69, 9.17) is 14.7 Å². The first-order chi connectivity index (χ1) is 13.4. The van der Waals surface area contributed by atoms with Gasteiger partial charge in [-0.05, 0) is 43.0 Å². The molecular formula is C20H27N3O5. The summed E-state index contributed by atoms with van der Waals surface area (Å²) in [4.78, 5) is 23.0. The quantitative estimate of drug-likeness (QED) is 0.208. The van der Waals surface area contributed by atoms with Crippen LogP contribution < -0.4 is 10.9 Å². The summed E-state index contributed by atoms with van der Waals surface area (Å²) in [7, 11) is 0. The molecule has 1 saturated heterocycles. The Hall–Kier alpha value is -2.55. The van der Waals surface area contributed by atoms with Crippen LogP contribution >= 0.6 is 0 Å². The fourth-order valence-corrected chi connectivity index (χ4v) is 2.46. The SMILES string of the molecule is CC1(C)COC(CCC/C=N/NC(=O)c2ccc(/C=C/C(=O)NO)cc2)OC1. The van der Waals surface area contributed by atoms with Crippen LogP contribution in [0, 0.1) is 5.41 Å². The summed E-state index contributed by atoms with van der Waals surface area (Å²) in [6, 6.07) is 6.62. The van der Waals surface area contributed by atoms with Crippen molar-refractivity contribution in [3.8, 4) is 0 Å². The summed E-state index contributed by atoms with van der Waals surface area (Å²) < 4.78 is 11.3. The van der Waals surface area contributed by atoms with Crippen molar-refractivity contribution in [3.05, 3.63) is 41.5 Å². The van der Waals surface area contributed by atoms with E-state index >= 15 is 0 Å². The Morgan fingerprint density at radius 2 is 1.93 bits per heavy atom. The van der Waals surface area contributed by atoms with E-state index in [-0.39, 0.29) is 17.6 Å². The van der Waals surface area contributed by atoms with E-state index in [1.807, 2.05) is 0 Å². The van der Waals surface area contributed by atoms with Gasteiger partial charge in [-0.3, -0.25) is 14.8 Å². The van der Waals surface area contributed by atoms with Crippen molar-refractivity contribution >= 4 is 24.1 Å². The van der Waals surface area contributed by atoms with E-state index in [1.54, 1.807) is 30.5 Å². The number of nitrogens with zero attached hydrogens (tertiary/aromatic N) is 1. The van der Waals surface area contributed by atoms with Crippen LogP contribution in [0.1, 0.15) is 49.0 Å². The summed E-state index contributed by atoms with van der Waals surface area (Å²) in [6.07, 6.45) is 6.56. The molecule has 2 rings (SSSR count). The normalized spacial score (nSPS) is 17.1. The molecule has 0 bridgehead atoms. The molecule has 0 unspecified atom stereocenters. The molecule has 0 radical (unpaired) electrons. The molecule has 8 nitrogen and oxygen atoms in total. The molecule has 0 spiro atoms. The van der Waals surface area contributed by atoms with Crippen LogP contribution in [-0.4, -0.2) is 42.7 Å². The Labute approximate surface area is 164 Å². The molecule has 152 valence electrons. The van der Waals surface area contributed by atoms with Gasteiger partial charge in [0.05, 0.1) is 13.2 Å². The Morgan fingerprint density at radius 1 is 1.25 bits per heavy atom. The zero-order valence-corrected chi connectivity index (χ0v) is 16.2. The number of carbonyl (C=O) groups excluding carboxylic acids is 2.